The van der Waals surface area contributed by atoms with Crippen molar-refractivity contribution in [2.45, 2.75) is 37.8 Å². The van der Waals surface area contributed by atoms with Gasteiger partial charge in [0.1, 0.15) is 18.3 Å². The second kappa shape index (κ2) is 4.16. The minimum atomic E-state index is -0.423. The summed E-state index contributed by atoms with van der Waals surface area (Å²) in [5.74, 6) is 0. The maximum absolute atomic E-state index is 9.07. The molecule has 0 unspecified atom stereocenters. The summed E-state index contributed by atoms with van der Waals surface area (Å²) in [4.78, 5) is 0. The number of fused-ring (bicyclic) bond motifs is 1. The predicted molar refractivity (Wildman–Crippen MR) is 48.7 cm³/mol. The van der Waals surface area contributed by atoms with Gasteiger partial charge in [0.15, 0.2) is 6.29 Å². The van der Waals surface area contributed by atoms with Gasteiger partial charge < -0.3 is 23.9 Å². The third-order valence-electron chi connectivity index (χ3n) is 2.63. The maximum Gasteiger partial charge on any atom is 0.457 e. The third kappa shape index (κ3) is 1.57. The summed E-state index contributed by atoms with van der Waals surface area (Å²) < 4.78 is 21.7. The molecule has 2 heterocycles. The van der Waals surface area contributed by atoms with Crippen molar-refractivity contribution >= 4 is 7.12 Å². The van der Waals surface area contributed by atoms with E-state index in [1.54, 1.807) is 7.11 Å². The van der Waals surface area contributed by atoms with Gasteiger partial charge in [-0.05, 0) is 6.32 Å². The molecule has 0 spiro atoms. The Balaban J connectivity index is 2.04. The average molecular weight is 202 g/mol. The first-order chi connectivity index (χ1) is 6.80. The molecule has 0 aromatic rings. The topological polar surface area (TPSA) is 57.2 Å². The lowest BCUT2D eigenvalue weighted by Crippen LogP contribution is -2.31. The summed E-state index contributed by atoms with van der Waals surface area (Å²) in [5, 5.41) is 9.07. The highest BCUT2D eigenvalue weighted by atomic mass is 16.8. The van der Waals surface area contributed by atoms with Gasteiger partial charge in [-0.25, -0.2) is 0 Å². The average Bonchev–Trinajstić information content (AvgIpc) is 2.74. The summed E-state index contributed by atoms with van der Waals surface area (Å²) >= 11 is 0. The number of aliphatic hydroxyl groups is 1. The van der Waals surface area contributed by atoms with Crippen LogP contribution in [0.15, 0.2) is 0 Å². The quantitative estimate of drug-likeness (QED) is 0.633. The molecule has 0 radical (unpaired) electrons. The van der Waals surface area contributed by atoms with E-state index in [1.165, 1.54) is 0 Å². The second-order valence-corrected chi connectivity index (χ2v) is 3.50. The van der Waals surface area contributed by atoms with Gasteiger partial charge in [0.2, 0.25) is 0 Å². The molecule has 0 aromatic carbocycles. The number of ether oxygens (including phenoxy) is 2. The van der Waals surface area contributed by atoms with Gasteiger partial charge >= 0.3 is 7.12 Å². The molecule has 2 aliphatic heterocycles. The van der Waals surface area contributed by atoms with Crippen molar-refractivity contribution in [1.29, 1.82) is 0 Å². The van der Waals surface area contributed by atoms with Gasteiger partial charge in [0, 0.05) is 7.11 Å². The van der Waals surface area contributed by atoms with E-state index in [2.05, 4.69) is 0 Å². The third-order valence-corrected chi connectivity index (χ3v) is 2.63. The monoisotopic (exact) mass is 202 g/mol. The van der Waals surface area contributed by atoms with E-state index in [-0.39, 0.29) is 32.0 Å². The van der Waals surface area contributed by atoms with Crippen molar-refractivity contribution in [3.05, 3.63) is 0 Å². The van der Waals surface area contributed by atoms with Crippen LogP contribution in [-0.4, -0.2) is 50.5 Å². The molecule has 1 N–H and O–H groups in total. The van der Waals surface area contributed by atoms with Gasteiger partial charge in [-0.1, -0.05) is 6.92 Å². The van der Waals surface area contributed by atoms with Crippen LogP contribution in [0.1, 0.15) is 6.92 Å². The van der Waals surface area contributed by atoms with Crippen LogP contribution in [-0.2, 0) is 18.8 Å². The van der Waals surface area contributed by atoms with Crippen LogP contribution < -0.4 is 0 Å². The molecule has 0 bridgehead atoms. The summed E-state index contributed by atoms with van der Waals surface area (Å²) in [6.07, 6.45) is -0.367. The fourth-order valence-corrected chi connectivity index (χ4v) is 1.91. The Morgan fingerprint density at radius 1 is 1.36 bits per heavy atom. The Morgan fingerprint density at radius 3 is 2.64 bits per heavy atom. The lowest BCUT2D eigenvalue weighted by molar-refractivity contribution is -0.152. The van der Waals surface area contributed by atoms with Gasteiger partial charge in [0.05, 0.1) is 6.61 Å². The van der Waals surface area contributed by atoms with E-state index in [4.69, 9.17) is 23.9 Å². The lowest BCUT2D eigenvalue weighted by atomic mass is 9.87. The Morgan fingerprint density at radius 2 is 2.07 bits per heavy atom. The van der Waals surface area contributed by atoms with Crippen molar-refractivity contribution in [1.82, 2.24) is 0 Å². The van der Waals surface area contributed by atoms with E-state index >= 15 is 0 Å². The number of rotatable bonds is 3. The highest BCUT2D eigenvalue weighted by Gasteiger charge is 2.53. The van der Waals surface area contributed by atoms with Crippen LogP contribution in [0.4, 0.5) is 0 Å². The summed E-state index contributed by atoms with van der Waals surface area (Å²) in [7, 11) is 1.37. The molecule has 0 aliphatic carbocycles. The second-order valence-electron chi connectivity index (χ2n) is 3.50. The molecule has 2 fully saturated rings. The zero-order valence-electron chi connectivity index (χ0n) is 8.38. The molecule has 2 aliphatic rings. The highest BCUT2D eigenvalue weighted by molar-refractivity contribution is 6.45. The van der Waals surface area contributed by atoms with Crippen LogP contribution in [0, 0.1) is 0 Å². The van der Waals surface area contributed by atoms with Crippen molar-refractivity contribution in [3.63, 3.8) is 0 Å². The van der Waals surface area contributed by atoms with Crippen LogP contribution in [0.5, 0.6) is 0 Å². The molecular formula is C8H15BO5. The molecular weight excluding hydrogens is 187 g/mol. The van der Waals surface area contributed by atoms with Crippen LogP contribution in [0.3, 0.4) is 0 Å². The Kier molecular flexibility index (Phi) is 3.09. The zero-order chi connectivity index (χ0) is 10.1. The standard InChI is InChI=1S/C8H15BO5/c1-3-9-13-6-5(4-10)12-8(11-2)7(6)14-9/h5-8,10H,3-4H2,1-2H3/t5-,6+,7+,8+/m1/s1. The van der Waals surface area contributed by atoms with Gasteiger partial charge in [-0.3, -0.25) is 0 Å². The zero-order valence-corrected chi connectivity index (χ0v) is 8.38. The summed E-state index contributed by atoms with van der Waals surface area (Å²) in [6.45, 7) is 1.92. The lowest BCUT2D eigenvalue weighted by Gasteiger charge is -2.15. The summed E-state index contributed by atoms with van der Waals surface area (Å²) in [6, 6.07) is 0. The van der Waals surface area contributed by atoms with E-state index in [0.29, 0.717) is 0 Å². The SMILES string of the molecule is CCB1O[C@@H]2[C@@H](OC)O[C@H](CO)[C@@H]2O1. The minimum Gasteiger partial charge on any atom is -0.403 e. The van der Waals surface area contributed by atoms with E-state index in [9.17, 15) is 0 Å². The molecule has 5 nitrogen and oxygen atoms in total. The van der Waals surface area contributed by atoms with Gasteiger partial charge in [-0.15, -0.1) is 0 Å². The number of aliphatic hydroxyl groups excluding tert-OH is 1. The van der Waals surface area contributed by atoms with E-state index in [1.807, 2.05) is 6.92 Å². The molecule has 2 rings (SSSR count). The Labute approximate surface area is 83.4 Å². The van der Waals surface area contributed by atoms with Crippen molar-refractivity contribution in [3.8, 4) is 0 Å². The fourth-order valence-electron chi connectivity index (χ4n) is 1.91. The van der Waals surface area contributed by atoms with Crippen molar-refractivity contribution in [2.75, 3.05) is 13.7 Å². The summed E-state index contributed by atoms with van der Waals surface area (Å²) in [5.41, 5.74) is 0. The smallest absolute Gasteiger partial charge is 0.403 e. The Hall–Kier alpha value is -0.135. The fraction of sp³-hybridized carbons (Fsp3) is 1.00. The van der Waals surface area contributed by atoms with E-state index in [0.717, 1.165) is 6.32 Å². The molecule has 0 saturated carbocycles. The largest absolute Gasteiger partial charge is 0.457 e. The first kappa shape index (κ1) is 10.4. The molecule has 0 aromatic heterocycles. The predicted octanol–water partition coefficient (Wildman–Crippen LogP) is -0.358. The van der Waals surface area contributed by atoms with Crippen LogP contribution in [0.2, 0.25) is 6.32 Å². The van der Waals surface area contributed by atoms with Crippen LogP contribution >= 0.6 is 0 Å². The normalized spacial score (nSPS) is 41.8. The van der Waals surface area contributed by atoms with Gasteiger partial charge in [-0.2, -0.15) is 0 Å². The molecule has 14 heavy (non-hydrogen) atoms. The number of hydrogen-bond acceptors (Lipinski definition) is 5. The molecule has 80 valence electrons. The molecule has 4 atom stereocenters. The molecule has 0 amide bonds. The Bertz CT molecular complexity index is 184. The highest BCUT2D eigenvalue weighted by Crippen LogP contribution is 2.33. The maximum atomic E-state index is 9.07. The first-order valence-electron chi connectivity index (χ1n) is 4.90. The van der Waals surface area contributed by atoms with Crippen molar-refractivity contribution in [2.24, 2.45) is 0 Å². The van der Waals surface area contributed by atoms with Gasteiger partial charge in [0.25, 0.3) is 0 Å². The van der Waals surface area contributed by atoms with Crippen molar-refractivity contribution < 1.29 is 23.9 Å². The van der Waals surface area contributed by atoms with Crippen LogP contribution in [0.25, 0.3) is 0 Å². The molecule has 6 heteroatoms. The minimum absolute atomic E-state index is 0.0686. The van der Waals surface area contributed by atoms with E-state index < -0.39 is 6.29 Å². The first-order valence-corrected chi connectivity index (χ1v) is 4.90. The molecule has 2 saturated heterocycles. The number of methoxy groups -OCH3 is 1. The number of hydrogen-bond donors (Lipinski definition) is 1.